The SMILES string of the molecule is CC(C)(C)c1ccnc(-n2c3ccccc3c3ccccc3c3ccccc3c3ccc(Oc4cccc(Nc5ccccc5Nc5c(-c6ccccc6)cccc5-c5ccccc5)c4)cc32)c1. The van der Waals surface area contributed by atoms with E-state index in [-0.39, 0.29) is 5.41 Å². The van der Waals surface area contributed by atoms with Gasteiger partial charge in [0.15, 0.2) is 0 Å². The molecule has 0 saturated heterocycles. The van der Waals surface area contributed by atoms with Gasteiger partial charge in [0.1, 0.15) is 17.3 Å². The summed E-state index contributed by atoms with van der Waals surface area (Å²) in [6, 6.07) is 81.0. The molecule has 5 nitrogen and oxygen atoms in total. The molecular weight excluding hydrogens is 829 g/mol. The molecule has 2 aromatic heterocycles. The van der Waals surface area contributed by atoms with Crippen molar-refractivity contribution >= 4 is 66.1 Å². The first kappa shape index (κ1) is 42.0. The van der Waals surface area contributed by atoms with Crippen LogP contribution in [0.2, 0.25) is 0 Å². The van der Waals surface area contributed by atoms with E-state index in [1.54, 1.807) is 0 Å². The maximum atomic E-state index is 6.88. The Morgan fingerprint density at radius 3 is 1.56 bits per heavy atom. The van der Waals surface area contributed by atoms with Gasteiger partial charge >= 0.3 is 0 Å². The van der Waals surface area contributed by atoms with Crippen LogP contribution in [0.25, 0.3) is 71.4 Å². The Kier molecular flexibility index (Phi) is 11.1. The minimum Gasteiger partial charge on any atom is -0.457 e. The molecule has 2 N–H and O–H groups in total. The van der Waals surface area contributed by atoms with Gasteiger partial charge in [-0.25, -0.2) is 4.98 Å². The fourth-order valence-electron chi connectivity index (χ4n) is 9.34. The molecule has 0 unspecified atom stereocenters. The van der Waals surface area contributed by atoms with Crippen molar-refractivity contribution in [2.45, 2.75) is 26.2 Å². The molecule has 0 fully saturated rings. The zero-order valence-electron chi connectivity index (χ0n) is 38.3. The van der Waals surface area contributed by atoms with Gasteiger partial charge in [0.05, 0.1) is 28.1 Å². The predicted octanol–water partition coefficient (Wildman–Crippen LogP) is 17.5. The fraction of sp³-hybridized carbons (Fsp3) is 0.0635. The van der Waals surface area contributed by atoms with Crippen LogP contribution >= 0.6 is 0 Å². The highest BCUT2D eigenvalue weighted by molar-refractivity contribution is 6.19. The number of hydrogen-bond donors (Lipinski definition) is 2. The average molecular weight is 879 g/mol. The van der Waals surface area contributed by atoms with Crippen molar-refractivity contribution in [2.24, 2.45) is 0 Å². The molecule has 0 aliphatic heterocycles. The van der Waals surface area contributed by atoms with E-state index in [0.717, 1.165) is 83.4 Å². The number of hydrogen-bond acceptors (Lipinski definition) is 4. The van der Waals surface area contributed by atoms with E-state index in [2.05, 4.69) is 254 Å². The molecule has 68 heavy (non-hydrogen) atoms. The summed E-state index contributed by atoms with van der Waals surface area (Å²) in [7, 11) is 0. The first-order chi connectivity index (χ1) is 33.4. The van der Waals surface area contributed by atoms with E-state index >= 15 is 0 Å². The Labute approximate surface area is 397 Å². The Balaban J connectivity index is 1.02. The number of nitrogens with one attached hydrogen (secondary N) is 2. The van der Waals surface area contributed by atoms with E-state index in [1.165, 1.54) is 16.3 Å². The minimum absolute atomic E-state index is 0.0861. The molecule has 0 aliphatic carbocycles. The monoisotopic (exact) mass is 878 g/mol. The zero-order chi connectivity index (χ0) is 46.0. The number of nitrogens with zero attached hydrogens (tertiary/aromatic N) is 2. The molecule has 0 amide bonds. The molecule has 0 bridgehead atoms. The Morgan fingerprint density at radius 2 is 0.926 bits per heavy atom. The summed E-state index contributed by atoms with van der Waals surface area (Å²) >= 11 is 0. The summed E-state index contributed by atoms with van der Waals surface area (Å²) in [4.78, 5) is 5.10. The second kappa shape index (κ2) is 18.0. The topological polar surface area (TPSA) is 51.1 Å². The van der Waals surface area contributed by atoms with Gasteiger partial charge in [-0.15, -0.1) is 0 Å². The Morgan fingerprint density at radius 1 is 0.412 bits per heavy atom. The summed E-state index contributed by atoms with van der Waals surface area (Å²) in [6.45, 7) is 6.74. The summed E-state index contributed by atoms with van der Waals surface area (Å²) in [6.07, 6.45) is 1.93. The first-order valence-electron chi connectivity index (χ1n) is 23.2. The van der Waals surface area contributed by atoms with Crippen LogP contribution in [0.5, 0.6) is 11.5 Å². The highest BCUT2D eigenvalue weighted by Gasteiger charge is 2.18. The summed E-state index contributed by atoms with van der Waals surface area (Å²) in [5.74, 6) is 2.25. The first-order valence-corrected chi connectivity index (χ1v) is 23.2. The lowest BCUT2D eigenvalue weighted by atomic mass is 9.88. The standard InChI is InChI=1S/C63H50N4O/c1-63(2,3)45-38-39-64-61(40-45)67-59-35-17-14-30-55(59)53-28-12-10-26-51(53)52-27-11-13-29-54(52)56-37-36-48(42-60(56)67)68-47-25-18-24-46(41-47)65-57-33-15-16-34-58(57)66-62-49(43-20-6-4-7-21-43)31-19-32-50(62)44-22-8-5-9-23-44/h4-42,65-66H,1-3H3. The van der Waals surface area contributed by atoms with Crippen molar-refractivity contribution in [3.05, 3.63) is 242 Å². The Bertz CT molecular complexity index is 3640. The fourth-order valence-corrected chi connectivity index (χ4v) is 9.34. The smallest absolute Gasteiger partial charge is 0.137 e. The predicted molar refractivity (Wildman–Crippen MR) is 287 cm³/mol. The van der Waals surface area contributed by atoms with Gasteiger partial charge in [-0.05, 0) is 98.2 Å². The average Bonchev–Trinajstić information content (AvgIpc) is 3.42. The highest BCUT2D eigenvalue weighted by atomic mass is 16.5. The maximum absolute atomic E-state index is 6.88. The number of pyridine rings is 1. The molecular formula is C63H50N4O. The van der Waals surface area contributed by atoms with Crippen molar-refractivity contribution in [3.8, 4) is 39.6 Å². The molecule has 11 rings (SSSR count). The number of rotatable bonds is 9. The van der Waals surface area contributed by atoms with Gasteiger partial charge in [-0.3, -0.25) is 4.57 Å². The number of anilines is 4. The summed E-state index contributed by atoms with van der Waals surface area (Å²) < 4.78 is 9.19. The second-order valence-corrected chi connectivity index (χ2v) is 18.2. The molecule has 11 aromatic rings. The molecule has 9 aromatic carbocycles. The second-order valence-electron chi connectivity index (χ2n) is 18.2. The van der Waals surface area contributed by atoms with Gasteiger partial charge < -0.3 is 15.4 Å². The largest absolute Gasteiger partial charge is 0.457 e. The van der Waals surface area contributed by atoms with Crippen molar-refractivity contribution in [2.75, 3.05) is 10.6 Å². The van der Waals surface area contributed by atoms with E-state index in [9.17, 15) is 0 Å². The van der Waals surface area contributed by atoms with Gasteiger partial charge in [0, 0.05) is 45.9 Å². The van der Waals surface area contributed by atoms with Crippen molar-refractivity contribution < 1.29 is 4.74 Å². The minimum atomic E-state index is -0.0861. The van der Waals surface area contributed by atoms with E-state index in [1.807, 2.05) is 18.3 Å². The molecule has 5 heteroatoms. The number of ether oxygens (including phenoxy) is 1. The zero-order valence-corrected chi connectivity index (χ0v) is 38.3. The normalized spacial score (nSPS) is 11.5. The quantitative estimate of drug-likeness (QED) is 0.152. The van der Waals surface area contributed by atoms with Gasteiger partial charge in [-0.2, -0.15) is 0 Å². The van der Waals surface area contributed by atoms with Crippen LogP contribution in [0.15, 0.2) is 237 Å². The molecule has 0 saturated carbocycles. The molecule has 328 valence electrons. The van der Waals surface area contributed by atoms with E-state index in [4.69, 9.17) is 9.72 Å². The lowest BCUT2D eigenvalue weighted by molar-refractivity contribution is 0.483. The molecule has 0 atom stereocenters. The highest BCUT2D eigenvalue weighted by Crippen LogP contribution is 2.42. The lowest BCUT2D eigenvalue weighted by Crippen LogP contribution is -2.12. The van der Waals surface area contributed by atoms with Crippen molar-refractivity contribution in [1.82, 2.24) is 9.55 Å². The number of aromatic nitrogens is 2. The van der Waals surface area contributed by atoms with Gasteiger partial charge in [-0.1, -0.05) is 185 Å². The number of fused-ring (bicyclic) bond motifs is 7. The van der Waals surface area contributed by atoms with Crippen molar-refractivity contribution in [1.29, 1.82) is 0 Å². The van der Waals surface area contributed by atoms with E-state index < -0.39 is 0 Å². The van der Waals surface area contributed by atoms with Crippen LogP contribution < -0.4 is 15.4 Å². The van der Waals surface area contributed by atoms with Gasteiger partial charge in [0.2, 0.25) is 0 Å². The molecule has 0 radical (unpaired) electrons. The third kappa shape index (κ3) is 8.27. The number of para-hydroxylation sites is 4. The van der Waals surface area contributed by atoms with Crippen LogP contribution in [0.4, 0.5) is 22.7 Å². The van der Waals surface area contributed by atoms with Crippen LogP contribution in [0, 0.1) is 0 Å². The van der Waals surface area contributed by atoms with Crippen LogP contribution in [-0.4, -0.2) is 9.55 Å². The summed E-state index contributed by atoms with van der Waals surface area (Å²) in [5.41, 5.74) is 11.5. The third-order valence-electron chi connectivity index (χ3n) is 12.7. The third-order valence-corrected chi connectivity index (χ3v) is 12.7. The van der Waals surface area contributed by atoms with Crippen LogP contribution in [-0.2, 0) is 5.41 Å². The molecule has 0 spiro atoms. The van der Waals surface area contributed by atoms with Crippen molar-refractivity contribution in [3.63, 3.8) is 0 Å². The van der Waals surface area contributed by atoms with Gasteiger partial charge in [0.25, 0.3) is 0 Å². The Hall–Kier alpha value is -8.67. The molecule has 2 heterocycles. The maximum Gasteiger partial charge on any atom is 0.137 e. The van der Waals surface area contributed by atoms with E-state index in [0.29, 0.717) is 11.5 Å². The lowest BCUT2D eigenvalue weighted by Gasteiger charge is -2.21. The number of benzene rings is 9. The summed E-state index contributed by atoms with van der Waals surface area (Å²) in [5, 5.41) is 14.4. The van der Waals surface area contributed by atoms with Crippen LogP contribution in [0.3, 0.4) is 0 Å². The molecule has 0 aliphatic rings. The van der Waals surface area contributed by atoms with Crippen LogP contribution in [0.1, 0.15) is 26.3 Å².